The van der Waals surface area contributed by atoms with E-state index < -0.39 is 24.2 Å². The summed E-state index contributed by atoms with van der Waals surface area (Å²) in [5.41, 5.74) is 2.78. The number of fused-ring (bicyclic) bond motifs is 2. The van der Waals surface area contributed by atoms with Crippen LogP contribution in [0, 0.1) is 0 Å². The molecule has 0 radical (unpaired) electrons. The van der Waals surface area contributed by atoms with Crippen LogP contribution in [0.4, 0.5) is 10.2 Å². The molecule has 35 heavy (non-hydrogen) atoms. The van der Waals surface area contributed by atoms with Gasteiger partial charge < -0.3 is 25.0 Å². The van der Waals surface area contributed by atoms with E-state index in [9.17, 15) is 14.3 Å². The number of rotatable bonds is 5. The third-order valence-electron chi connectivity index (χ3n) is 6.96. The van der Waals surface area contributed by atoms with Crippen LogP contribution in [0.2, 0.25) is 0 Å². The minimum absolute atomic E-state index is 0.185. The van der Waals surface area contributed by atoms with Crippen LogP contribution in [0.1, 0.15) is 35.7 Å². The van der Waals surface area contributed by atoms with Crippen LogP contribution in [0.5, 0.6) is 0 Å². The minimum Gasteiger partial charge on any atom is -0.388 e. The summed E-state index contributed by atoms with van der Waals surface area (Å²) in [6.07, 6.45) is 5.57. The zero-order valence-electron chi connectivity index (χ0n) is 19.2. The average Bonchev–Trinajstić information content (AvgIpc) is 3.65. The number of aliphatic hydroxyl groups is 1. The number of nitrogens with zero attached hydrogens (tertiary/aromatic N) is 5. The number of hydrogen-bond acceptors (Lipinski definition) is 7. The molecule has 1 aliphatic heterocycles. The van der Waals surface area contributed by atoms with E-state index >= 15 is 0 Å². The van der Waals surface area contributed by atoms with E-state index in [0.717, 1.165) is 23.8 Å². The average molecular weight is 480 g/mol. The number of anilines is 1. The van der Waals surface area contributed by atoms with Gasteiger partial charge in [-0.25, -0.2) is 14.4 Å². The number of amides is 1. The molecule has 4 aromatic heterocycles. The molecular formula is C24H26FN7O3. The molecule has 5 heterocycles. The molecule has 4 aromatic rings. The van der Waals surface area contributed by atoms with Crippen LogP contribution < -0.4 is 10.6 Å². The number of aliphatic hydroxyl groups excluding tert-OH is 1. The maximum absolute atomic E-state index is 14.7. The largest absolute Gasteiger partial charge is 0.388 e. The van der Waals surface area contributed by atoms with Gasteiger partial charge in [-0.05, 0) is 31.4 Å². The monoisotopic (exact) mass is 479 g/mol. The molecule has 4 atom stereocenters. The first kappa shape index (κ1) is 21.9. The fraction of sp³-hybridized carbons (Fsp3) is 0.417. The highest BCUT2D eigenvalue weighted by Crippen LogP contribution is 2.38. The van der Waals surface area contributed by atoms with Gasteiger partial charge in [0.2, 0.25) is 0 Å². The summed E-state index contributed by atoms with van der Waals surface area (Å²) in [6, 6.07) is 4.90. The normalized spacial score (nSPS) is 24.4. The van der Waals surface area contributed by atoms with E-state index in [-0.39, 0.29) is 24.8 Å². The Morgan fingerprint density at radius 2 is 2.17 bits per heavy atom. The molecule has 182 valence electrons. The third-order valence-corrected chi connectivity index (χ3v) is 6.96. The zero-order valence-corrected chi connectivity index (χ0v) is 19.2. The Balaban J connectivity index is 1.47. The van der Waals surface area contributed by atoms with E-state index in [1.807, 2.05) is 29.0 Å². The SMILES string of the molecule is CNc1cc(-c2cn([C@@H]3CCC[C@@H]3F)c3ncccc23)nc2c(C(=O)N[C@H]3COC[C@H]3O)cnn12. The third kappa shape index (κ3) is 3.62. The van der Waals surface area contributed by atoms with Crippen molar-refractivity contribution in [3.8, 4) is 11.3 Å². The molecule has 1 aliphatic carbocycles. The summed E-state index contributed by atoms with van der Waals surface area (Å²) >= 11 is 0. The van der Waals surface area contributed by atoms with Gasteiger partial charge >= 0.3 is 0 Å². The van der Waals surface area contributed by atoms with Gasteiger partial charge in [0, 0.05) is 36.5 Å². The number of alkyl halides is 1. The van der Waals surface area contributed by atoms with Crippen molar-refractivity contribution in [2.24, 2.45) is 0 Å². The highest BCUT2D eigenvalue weighted by Gasteiger charge is 2.31. The second-order valence-corrected chi connectivity index (χ2v) is 9.09. The lowest BCUT2D eigenvalue weighted by molar-refractivity contribution is 0.0888. The van der Waals surface area contributed by atoms with E-state index in [0.29, 0.717) is 29.2 Å². The number of carbonyl (C=O) groups is 1. The standard InChI is InChI=1S/C24H26FN7O3/c1-26-21-8-17(15-10-31(19-6-2-5-16(19)25)22-13(15)4-3-7-27-22)29-23-14(9-28-32(21)23)24(34)30-18-11-35-12-20(18)33/h3-4,7-10,16,18-20,26,33H,2,5-6,11-12H2,1H3,(H,30,34)/t16-,18-,19+,20+/m0/s1. The van der Waals surface area contributed by atoms with Gasteiger partial charge in [-0.2, -0.15) is 9.61 Å². The first-order valence-corrected chi connectivity index (χ1v) is 11.8. The molecule has 3 N–H and O–H groups in total. The van der Waals surface area contributed by atoms with Crippen LogP contribution in [-0.2, 0) is 4.74 Å². The van der Waals surface area contributed by atoms with Crippen molar-refractivity contribution in [3.05, 3.63) is 42.4 Å². The molecule has 0 unspecified atom stereocenters. The Morgan fingerprint density at radius 1 is 1.29 bits per heavy atom. The Morgan fingerprint density at radius 3 is 2.91 bits per heavy atom. The van der Waals surface area contributed by atoms with Gasteiger partial charge in [0.1, 0.15) is 23.2 Å². The van der Waals surface area contributed by atoms with Crippen LogP contribution in [0.15, 0.2) is 36.8 Å². The van der Waals surface area contributed by atoms with Crippen LogP contribution in [0.3, 0.4) is 0 Å². The molecule has 0 bridgehead atoms. The molecule has 1 saturated heterocycles. The number of nitrogens with one attached hydrogen (secondary N) is 2. The molecular weight excluding hydrogens is 453 g/mol. The van der Waals surface area contributed by atoms with Crippen molar-refractivity contribution < 1.29 is 19.0 Å². The number of halogens is 1. The molecule has 11 heteroatoms. The molecule has 6 rings (SSSR count). The quantitative estimate of drug-likeness (QED) is 0.402. The van der Waals surface area contributed by atoms with Gasteiger partial charge in [-0.1, -0.05) is 0 Å². The predicted molar refractivity (Wildman–Crippen MR) is 127 cm³/mol. The lowest BCUT2D eigenvalue weighted by Crippen LogP contribution is -2.42. The van der Waals surface area contributed by atoms with Crippen molar-refractivity contribution >= 4 is 28.4 Å². The zero-order chi connectivity index (χ0) is 24.1. The van der Waals surface area contributed by atoms with Crippen molar-refractivity contribution in [2.75, 3.05) is 25.6 Å². The maximum Gasteiger partial charge on any atom is 0.257 e. The first-order chi connectivity index (χ1) is 17.0. The van der Waals surface area contributed by atoms with Crippen molar-refractivity contribution in [3.63, 3.8) is 0 Å². The summed E-state index contributed by atoms with van der Waals surface area (Å²) in [6.45, 7) is 0.431. The Kier molecular flexibility index (Phi) is 5.37. The van der Waals surface area contributed by atoms with Crippen LogP contribution in [0.25, 0.3) is 27.9 Å². The number of ether oxygens (including phenoxy) is 1. The molecule has 10 nitrogen and oxygen atoms in total. The summed E-state index contributed by atoms with van der Waals surface area (Å²) in [4.78, 5) is 22.4. The highest BCUT2D eigenvalue weighted by molar-refractivity contribution is 6.01. The van der Waals surface area contributed by atoms with Gasteiger partial charge in [0.25, 0.3) is 5.91 Å². The van der Waals surface area contributed by atoms with E-state index in [2.05, 4.69) is 20.7 Å². The highest BCUT2D eigenvalue weighted by atomic mass is 19.1. The Hall–Kier alpha value is -3.57. The van der Waals surface area contributed by atoms with Crippen molar-refractivity contribution in [1.82, 2.24) is 29.5 Å². The number of hydrogen-bond donors (Lipinski definition) is 3. The second-order valence-electron chi connectivity index (χ2n) is 9.09. The first-order valence-electron chi connectivity index (χ1n) is 11.8. The summed E-state index contributed by atoms with van der Waals surface area (Å²) in [5, 5.41) is 21.2. The topological polar surface area (TPSA) is 119 Å². The van der Waals surface area contributed by atoms with Gasteiger partial charge in [-0.15, -0.1) is 0 Å². The van der Waals surface area contributed by atoms with E-state index in [1.54, 1.807) is 17.8 Å². The lowest BCUT2D eigenvalue weighted by atomic mass is 10.1. The van der Waals surface area contributed by atoms with Crippen molar-refractivity contribution in [2.45, 2.75) is 43.6 Å². The number of aromatic nitrogens is 5. The smallest absolute Gasteiger partial charge is 0.257 e. The lowest BCUT2D eigenvalue weighted by Gasteiger charge is -2.15. The Labute approximate surface area is 200 Å². The van der Waals surface area contributed by atoms with Gasteiger partial charge in [0.15, 0.2) is 5.65 Å². The van der Waals surface area contributed by atoms with E-state index in [1.165, 1.54) is 6.20 Å². The summed E-state index contributed by atoms with van der Waals surface area (Å²) in [5.74, 6) is 0.249. The molecule has 0 aromatic carbocycles. The molecule has 1 saturated carbocycles. The fourth-order valence-electron chi connectivity index (χ4n) is 5.11. The van der Waals surface area contributed by atoms with E-state index in [4.69, 9.17) is 9.72 Å². The second kappa shape index (κ2) is 8.58. The fourth-order valence-corrected chi connectivity index (χ4v) is 5.11. The molecule has 2 aliphatic rings. The number of pyridine rings is 1. The summed E-state index contributed by atoms with van der Waals surface area (Å²) < 4.78 is 23.4. The predicted octanol–water partition coefficient (Wildman–Crippen LogP) is 2.34. The minimum atomic E-state index is -0.913. The molecule has 2 fully saturated rings. The maximum atomic E-state index is 14.7. The van der Waals surface area contributed by atoms with Gasteiger partial charge in [-0.3, -0.25) is 4.79 Å². The van der Waals surface area contributed by atoms with Gasteiger partial charge in [0.05, 0.1) is 43.3 Å². The molecule has 1 amide bonds. The Bertz CT molecular complexity index is 1420. The van der Waals surface area contributed by atoms with Crippen LogP contribution >= 0.6 is 0 Å². The van der Waals surface area contributed by atoms with Crippen LogP contribution in [-0.4, -0.2) is 73.7 Å². The molecule has 0 spiro atoms. The summed E-state index contributed by atoms with van der Waals surface area (Å²) in [7, 11) is 1.77. The van der Waals surface area contributed by atoms with Crippen molar-refractivity contribution in [1.29, 1.82) is 0 Å². The number of carbonyl (C=O) groups excluding carboxylic acids is 1.